The van der Waals surface area contributed by atoms with Crippen LogP contribution in [0.5, 0.6) is 0 Å². The molecule has 0 unspecified atom stereocenters. The first-order chi connectivity index (χ1) is 15.6. The number of hydrogen-bond donors (Lipinski definition) is 2. The van der Waals surface area contributed by atoms with Crippen LogP contribution in [0.1, 0.15) is 42.4 Å². The average Bonchev–Trinajstić information content (AvgIpc) is 2.73. The summed E-state index contributed by atoms with van der Waals surface area (Å²) in [5.74, 6) is -2.02. The van der Waals surface area contributed by atoms with Crippen LogP contribution < -0.4 is 10.6 Å². The zero-order chi connectivity index (χ0) is 24.2. The molecule has 0 aromatic heterocycles. The molecule has 3 rings (SSSR count). The SMILES string of the molecule is Cc1cc(C)cc(NC(=O)C(=O)NCC[C@H]2CCCCN2S(=O)(=O)c2ccc(F)cc2C)c1. The van der Waals surface area contributed by atoms with Crippen LogP contribution in [0.3, 0.4) is 0 Å². The van der Waals surface area contributed by atoms with Gasteiger partial charge in [-0.25, -0.2) is 12.8 Å². The minimum atomic E-state index is -3.80. The van der Waals surface area contributed by atoms with Gasteiger partial charge in [-0.3, -0.25) is 9.59 Å². The molecule has 0 bridgehead atoms. The van der Waals surface area contributed by atoms with Crippen LogP contribution in [0, 0.1) is 26.6 Å². The molecule has 7 nitrogen and oxygen atoms in total. The molecule has 1 saturated heterocycles. The number of sulfonamides is 1. The molecule has 1 atom stereocenters. The van der Waals surface area contributed by atoms with Gasteiger partial charge in [0, 0.05) is 24.8 Å². The second-order valence-electron chi connectivity index (χ2n) is 8.55. The molecule has 1 heterocycles. The normalized spacial score (nSPS) is 16.9. The number of carbonyl (C=O) groups is 2. The van der Waals surface area contributed by atoms with E-state index in [1.807, 2.05) is 19.9 Å². The Bertz CT molecular complexity index is 1130. The van der Waals surface area contributed by atoms with E-state index >= 15 is 0 Å². The Morgan fingerprint density at radius 2 is 1.73 bits per heavy atom. The molecule has 0 saturated carbocycles. The van der Waals surface area contributed by atoms with Crippen molar-refractivity contribution >= 4 is 27.5 Å². The third-order valence-electron chi connectivity index (χ3n) is 5.75. The summed E-state index contributed by atoms with van der Waals surface area (Å²) in [6.07, 6.45) is 2.65. The average molecular weight is 476 g/mol. The highest BCUT2D eigenvalue weighted by Crippen LogP contribution is 2.28. The zero-order valence-corrected chi connectivity index (χ0v) is 20.0. The zero-order valence-electron chi connectivity index (χ0n) is 19.2. The van der Waals surface area contributed by atoms with E-state index < -0.39 is 27.7 Å². The summed E-state index contributed by atoms with van der Waals surface area (Å²) in [5, 5.41) is 5.18. The van der Waals surface area contributed by atoms with Crippen molar-refractivity contribution in [3.8, 4) is 0 Å². The van der Waals surface area contributed by atoms with Gasteiger partial charge in [0.1, 0.15) is 5.82 Å². The van der Waals surface area contributed by atoms with Crippen molar-refractivity contribution in [1.82, 2.24) is 9.62 Å². The first-order valence-electron chi connectivity index (χ1n) is 11.0. The molecule has 1 aliphatic heterocycles. The summed E-state index contributed by atoms with van der Waals surface area (Å²) in [4.78, 5) is 24.6. The fourth-order valence-electron chi connectivity index (χ4n) is 4.27. The van der Waals surface area contributed by atoms with Crippen molar-refractivity contribution in [2.45, 2.75) is 57.4 Å². The molecule has 1 fully saturated rings. The minimum Gasteiger partial charge on any atom is -0.348 e. The van der Waals surface area contributed by atoms with Gasteiger partial charge in [-0.2, -0.15) is 4.31 Å². The standard InChI is InChI=1S/C24H30FN3O4S/c1-16-12-17(2)14-20(13-16)27-24(30)23(29)26-10-9-21-6-4-5-11-28(21)33(31,32)22-8-7-19(25)15-18(22)3/h7-8,12-15,21H,4-6,9-11H2,1-3H3,(H,26,29)(H,27,30)/t21-/m1/s1. The van der Waals surface area contributed by atoms with Crippen LogP contribution in [0.2, 0.25) is 0 Å². The Balaban J connectivity index is 1.61. The van der Waals surface area contributed by atoms with Gasteiger partial charge in [-0.15, -0.1) is 0 Å². The topological polar surface area (TPSA) is 95.6 Å². The number of hydrogen-bond acceptors (Lipinski definition) is 4. The molecule has 0 radical (unpaired) electrons. The molecule has 0 aliphatic carbocycles. The fraction of sp³-hybridized carbons (Fsp3) is 0.417. The number of carbonyl (C=O) groups excluding carboxylic acids is 2. The van der Waals surface area contributed by atoms with E-state index in [2.05, 4.69) is 10.6 Å². The van der Waals surface area contributed by atoms with E-state index in [0.717, 1.165) is 30.0 Å². The summed E-state index contributed by atoms with van der Waals surface area (Å²) in [5.41, 5.74) is 2.85. The van der Waals surface area contributed by atoms with Crippen LogP contribution >= 0.6 is 0 Å². The van der Waals surface area contributed by atoms with Gasteiger partial charge >= 0.3 is 11.8 Å². The van der Waals surface area contributed by atoms with Crippen molar-refractivity contribution in [2.24, 2.45) is 0 Å². The quantitative estimate of drug-likeness (QED) is 0.626. The second-order valence-corrected chi connectivity index (χ2v) is 10.4. The van der Waals surface area contributed by atoms with E-state index in [1.54, 1.807) is 19.1 Å². The summed E-state index contributed by atoms with van der Waals surface area (Å²) >= 11 is 0. The largest absolute Gasteiger partial charge is 0.348 e. The molecule has 9 heteroatoms. The van der Waals surface area contributed by atoms with Gasteiger partial charge < -0.3 is 10.6 Å². The van der Waals surface area contributed by atoms with Gasteiger partial charge in [-0.1, -0.05) is 12.5 Å². The lowest BCUT2D eigenvalue weighted by atomic mass is 10.0. The molecule has 1 aliphatic rings. The smallest absolute Gasteiger partial charge is 0.313 e. The molecule has 0 spiro atoms. The number of benzene rings is 2. The Morgan fingerprint density at radius 3 is 2.39 bits per heavy atom. The number of nitrogens with zero attached hydrogens (tertiary/aromatic N) is 1. The maximum atomic E-state index is 13.5. The molecule has 2 aromatic rings. The highest BCUT2D eigenvalue weighted by Gasteiger charge is 2.34. The number of aryl methyl sites for hydroxylation is 3. The van der Waals surface area contributed by atoms with E-state index in [9.17, 15) is 22.4 Å². The molecular weight excluding hydrogens is 445 g/mol. The number of anilines is 1. The van der Waals surface area contributed by atoms with Crippen LogP contribution in [0.25, 0.3) is 0 Å². The molecular formula is C24H30FN3O4S. The lowest BCUT2D eigenvalue weighted by Crippen LogP contribution is -2.46. The fourth-order valence-corrected chi connectivity index (χ4v) is 6.21. The highest BCUT2D eigenvalue weighted by atomic mass is 32.2. The summed E-state index contributed by atoms with van der Waals surface area (Å²) in [6, 6.07) is 8.86. The van der Waals surface area contributed by atoms with Crippen LogP contribution in [-0.2, 0) is 19.6 Å². The highest BCUT2D eigenvalue weighted by molar-refractivity contribution is 7.89. The van der Waals surface area contributed by atoms with Gasteiger partial charge in [-0.05, 0) is 87.1 Å². The van der Waals surface area contributed by atoms with Gasteiger partial charge in [0.25, 0.3) is 0 Å². The number of nitrogens with one attached hydrogen (secondary N) is 2. The van der Waals surface area contributed by atoms with Crippen LogP contribution in [0.15, 0.2) is 41.3 Å². The maximum absolute atomic E-state index is 13.5. The van der Waals surface area contributed by atoms with Crippen LogP contribution in [0.4, 0.5) is 10.1 Å². The monoisotopic (exact) mass is 475 g/mol. The Kier molecular flexibility index (Phi) is 7.86. The van der Waals surface area contributed by atoms with Gasteiger partial charge in [0.2, 0.25) is 10.0 Å². The van der Waals surface area contributed by atoms with Gasteiger partial charge in [0.05, 0.1) is 4.90 Å². The molecule has 2 N–H and O–H groups in total. The predicted octanol–water partition coefficient (Wildman–Crippen LogP) is 3.44. The maximum Gasteiger partial charge on any atom is 0.313 e. The minimum absolute atomic E-state index is 0.0904. The lowest BCUT2D eigenvalue weighted by Gasteiger charge is -2.35. The Labute approximate surface area is 194 Å². The van der Waals surface area contributed by atoms with Gasteiger partial charge in [0.15, 0.2) is 0 Å². The molecule has 2 aromatic carbocycles. The van der Waals surface area contributed by atoms with E-state index in [-0.39, 0.29) is 17.5 Å². The molecule has 2 amide bonds. The number of halogens is 1. The molecule has 178 valence electrons. The van der Waals surface area contributed by atoms with E-state index in [0.29, 0.717) is 30.6 Å². The second kappa shape index (κ2) is 10.4. The Morgan fingerprint density at radius 1 is 1.03 bits per heavy atom. The predicted molar refractivity (Wildman–Crippen MR) is 125 cm³/mol. The Hall–Kier alpha value is -2.78. The third-order valence-corrected chi connectivity index (χ3v) is 7.86. The third kappa shape index (κ3) is 6.17. The summed E-state index contributed by atoms with van der Waals surface area (Å²) < 4.78 is 41.4. The first-order valence-corrected chi connectivity index (χ1v) is 12.5. The lowest BCUT2D eigenvalue weighted by molar-refractivity contribution is -0.136. The summed E-state index contributed by atoms with van der Waals surface area (Å²) in [7, 11) is -3.80. The van der Waals surface area contributed by atoms with Crippen LogP contribution in [-0.4, -0.2) is 43.7 Å². The number of amides is 2. The molecule has 33 heavy (non-hydrogen) atoms. The van der Waals surface area contributed by atoms with Crippen molar-refractivity contribution in [2.75, 3.05) is 18.4 Å². The van der Waals surface area contributed by atoms with Crippen molar-refractivity contribution in [3.05, 3.63) is 58.9 Å². The number of rotatable bonds is 6. The van der Waals surface area contributed by atoms with E-state index in [4.69, 9.17) is 0 Å². The van der Waals surface area contributed by atoms with Crippen molar-refractivity contribution < 1.29 is 22.4 Å². The van der Waals surface area contributed by atoms with Crippen molar-refractivity contribution in [3.63, 3.8) is 0 Å². The number of piperidine rings is 1. The summed E-state index contributed by atoms with van der Waals surface area (Å²) in [6.45, 7) is 5.91. The first kappa shape index (κ1) is 24.9. The van der Waals surface area contributed by atoms with Crippen molar-refractivity contribution in [1.29, 1.82) is 0 Å². The van der Waals surface area contributed by atoms with E-state index in [1.165, 1.54) is 16.4 Å².